The summed E-state index contributed by atoms with van der Waals surface area (Å²) in [5, 5.41) is 5.13. The van der Waals surface area contributed by atoms with Gasteiger partial charge < -0.3 is 10.1 Å². The number of hydrogen-bond donors (Lipinski definition) is 1. The molecule has 0 bridgehead atoms. The van der Waals surface area contributed by atoms with E-state index in [1.165, 1.54) is 5.56 Å². The van der Waals surface area contributed by atoms with Crippen LogP contribution < -0.4 is 10.1 Å². The van der Waals surface area contributed by atoms with Crippen molar-refractivity contribution < 1.29 is 9.53 Å². The zero-order valence-electron chi connectivity index (χ0n) is 14.8. The molecule has 0 aromatic heterocycles. The van der Waals surface area contributed by atoms with Crippen molar-refractivity contribution in [1.82, 2.24) is 5.32 Å². The molecule has 2 atom stereocenters. The first-order valence-corrected chi connectivity index (χ1v) is 8.56. The molecule has 3 aromatic rings. The SMILES string of the molecule is Cc1ccc(C(C)NC(=O)C(C)Oc2cccc3ccccc23)cc1. The molecule has 0 radical (unpaired) electrons. The first-order chi connectivity index (χ1) is 12.0. The minimum atomic E-state index is -0.571. The Kier molecular flexibility index (Phi) is 5.03. The van der Waals surface area contributed by atoms with E-state index in [4.69, 9.17) is 4.74 Å². The molecule has 0 saturated heterocycles. The van der Waals surface area contributed by atoms with Gasteiger partial charge in [0.25, 0.3) is 5.91 Å². The minimum absolute atomic E-state index is 0.0633. The molecule has 0 aliphatic rings. The van der Waals surface area contributed by atoms with Crippen LogP contribution in [-0.2, 0) is 4.79 Å². The minimum Gasteiger partial charge on any atom is -0.480 e. The summed E-state index contributed by atoms with van der Waals surface area (Å²) in [5.74, 6) is 0.602. The van der Waals surface area contributed by atoms with Gasteiger partial charge in [-0.1, -0.05) is 66.2 Å². The van der Waals surface area contributed by atoms with Crippen LogP contribution in [0.1, 0.15) is 31.0 Å². The van der Waals surface area contributed by atoms with Crippen LogP contribution in [0.2, 0.25) is 0 Å². The molecule has 128 valence electrons. The monoisotopic (exact) mass is 333 g/mol. The smallest absolute Gasteiger partial charge is 0.261 e. The van der Waals surface area contributed by atoms with Crippen LogP contribution >= 0.6 is 0 Å². The maximum Gasteiger partial charge on any atom is 0.261 e. The lowest BCUT2D eigenvalue weighted by molar-refractivity contribution is -0.127. The summed E-state index contributed by atoms with van der Waals surface area (Å²) in [5.41, 5.74) is 2.28. The second-order valence-corrected chi connectivity index (χ2v) is 6.38. The summed E-state index contributed by atoms with van der Waals surface area (Å²) in [6.07, 6.45) is -0.571. The van der Waals surface area contributed by atoms with Crippen molar-refractivity contribution in [2.24, 2.45) is 0 Å². The quantitative estimate of drug-likeness (QED) is 0.729. The normalized spacial score (nSPS) is 13.2. The Hall–Kier alpha value is -2.81. The van der Waals surface area contributed by atoms with Crippen LogP contribution in [0.5, 0.6) is 5.75 Å². The molecule has 1 amide bonds. The van der Waals surface area contributed by atoms with Crippen LogP contribution in [0.15, 0.2) is 66.7 Å². The molecule has 3 nitrogen and oxygen atoms in total. The maximum absolute atomic E-state index is 12.5. The molecule has 1 N–H and O–H groups in total. The predicted octanol–water partition coefficient (Wildman–Crippen LogP) is 4.79. The number of nitrogens with one attached hydrogen (secondary N) is 1. The molecule has 0 aliphatic carbocycles. The molecule has 0 saturated carbocycles. The average Bonchev–Trinajstić information content (AvgIpc) is 2.62. The third-order valence-corrected chi connectivity index (χ3v) is 4.36. The van der Waals surface area contributed by atoms with Gasteiger partial charge in [-0.2, -0.15) is 0 Å². The van der Waals surface area contributed by atoms with Crippen molar-refractivity contribution in [1.29, 1.82) is 0 Å². The fourth-order valence-electron chi connectivity index (χ4n) is 2.81. The number of aryl methyl sites for hydroxylation is 1. The van der Waals surface area contributed by atoms with Gasteiger partial charge in [-0.25, -0.2) is 0 Å². The van der Waals surface area contributed by atoms with E-state index in [0.717, 1.165) is 22.1 Å². The maximum atomic E-state index is 12.5. The number of carbonyl (C=O) groups is 1. The van der Waals surface area contributed by atoms with Crippen molar-refractivity contribution in [2.45, 2.75) is 32.9 Å². The van der Waals surface area contributed by atoms with Gasteiger partial charge in [0.2, 0.25) is 0 Å². The van der Waals surface area contributed by atoms with E-state index >= 15 is 0 Å². The van der Waals surface area contributed by atoms with Crippen LogP contribution in [0.4, 0.5) is 0 Å². The fraction of sp³-hybridized carbons (Fsp3) is 0.227. The lowest BCUT2D eigenvalue weighted by atomic mass is 10.1. The standard InChI is InChI=1S/C22H23NO2/c1-15-11-13-18(14-12-15)16(2)23-22(24)17(3)25-21-10-6-8-19-7-4-5-9-20(19)21/h4-14,16-17H,1-3H3,(H,23,24). The molecule has 3 heteroatoms. The van der Waals surface area contributed by atoms with Crippen LogP contribution in [0.3, 0.4) is 0 Å². The van der Waals surface area contributed by atoms with E-state index < -0.39 is 6.10 Å². The number of rotatable bonds is 5. The number of amides is 1. The molecule has 0 aliphatic heterocycles. The van der Waals surface area contributed by atoms with Crippen LogP contribution in [0.25, 0.3) is 10.8 Å². The Morgan fingerprint density at radius 2 is 1.60 bits per heavy atom. The summed E-state index contributed by atoms with van der Waals surface area (Å²) in [6.45, 7) is 5.80. The highest BCUT2D eigenvalue weighted by molar-refractivity contribution is 5.89. The molecule has 3 rings (SSSR count). The van der Waals surface area contributed by atoms with Gasteiger partial charge >= 0.3 is 0 Å². The molecule has 3 aromatic carbocycles. The third-order valence-electron chi connectivity index (χ3n) is 4.36. The van der Waals surface area contributed by atoms with E-state index in [2.05, 4.69) is 5.32 Å². The van der Waals surface area contributed by atoms with Crippen LogP contribution in [-0.4, -0.2) is 12.0 Å². The highest BCUT2D eigenvalue weighted by atomic mass is 16.5. The van der Waals surface area contributed by atoms with Crippen molar-refractivity contribution in [3.63, 3.8) is 0 Å². The van der Waals surface area contributed by atoms with Crippen molar-refractivity contribution in [2.75, 3.05) is 0 Å². The third kappa shape index (κ3) is 4.00. The average molecular weight is 333 g/mol. The summed E-state index contributed by atoms with van der Waals surface area (Å²) in [7, 11) is 0. The summed E-state index contributed by atoms with van der Waals surface area (Å²) >= 11 is 0. The Labute approximate surface area is 148 Å². The Bertz CT molecular complexity index is 865. The summed E-state index contributed by atoms with van der Waals surface area (Å²) in [4.78, 5) is 12.5. The summed E-state index contributed by atoms with van der Waals surface area (Å²) < 4.78 is 5.93. The van der Waals surface area contributed by atoms with E-state index in [1.54, 1.807) is 6.92 Å². The highest BCUT2D eigenvalue weighted by Crippen LogP contribution is 2.26. The lowest BCUT2D eigenvalue weighted by Crippen LogP contribution is -2.37. The number of benzene rings is 3. The molecule has 0 heterocycles. The fourth-order valence-corrected chi connectivity index (χ4v) is 2.81. The second-order valence-electron chi connectivity index (χ2n) is 6.38. The Morgan fingerprint density at radius 1 is 0.920 bits per heavy atom. The van der Waals surface area contributed by atoms with E-state index in [0.29, 0.717) is 0 Å². The van der Waals surface area contributed by atoms with Crippen molar-refractivity contribution in [3.05, 3.63) is 77.9 Å². The number of hydrogen-bond acceptors (Lipinski definition) is 2. The molecule has 25 heavy (non-hydrogen) atoms. The van der Waals surface area contributed by atoms with Gasteiger partial charge in [-0.15, -0.1) is 0 Å². The Balaban J connectivity index is 1.69. The summed E-state index contributed by atoms with van der Waals surface area (Å²) in [6, 6.07) is 22.0. The van der Waals surface area contributed by atoms with Crippen LogP contribution in [0, 0.1) is 6.92 Å². The molecule has 0 fully saturated rings. The van der Waals surface area contributed by atoms with E-state index in [1.807, 2.05) is 80.6 Å². The van der Waals surface area contributed by atoms with Gasteiger partial charge in [-0.05, 0) is 37.8 Å². The number of ether oxygens (including phenoxy) is 1. The first-order valence-electron chi connectivity index (χ1n) is 8.56. The Morgan fingerprint density at radius 3 is 2.36 bits per heavy atom. The van der Waals surface area contributed by atoms with Gasteiger partial charge in [0, 0.05) is 5.39 Å². The van der Waals surface area contributed by atoms with Gasteiger partial charge in [0.15, 0.2) is 6.10 Å². The van der Waals surface area contributed by atoms with Crippen molar-refractivity contribution >= 4 is 16.7 Å². The van der Waals surface area contributed by atoms with E-state index in [-0.39, 0.29) is 11.9 Å². The van der Waals surface area contributed by atoms with Crippen molar-refractivity contribution in [3.8, 4) is 5.75 Å². The lowest BCUT2D eigenvalue weighted by Gasteiger charge is -2.20. The molecule has 0 spiro atoms. The van der Waals surface area contributed by atoms with Gasteiger partial charge in [-0.3, -0.25) is 4.79 Å². The first kappa shape index (κ1) is 17.0. The highest BCUT2D eigenvalue weighted by Gasteiger charge is 2.18. The predicted molar refractivity (Wildman–Crippen MR) is 102 cm³/mol. The zero-order valence-corrected chi connectivity index (χ0v) is 14.8. The second kappa shape index (κ2) is 7.39. The molecular formula is C22H23NO2. The topological polar surface area (TPSA) is 38.3 Å². The largest absolute Gasteiger partial charge is 0.480 e. The van der Waals surface area contributed by atoms with Gasteiger partial charge in [0.1, 0.15) is 5.75 Å². The molecule has 2 unspecified atom stereocenters. The van der Waals surface area contributed by atoms with Gasteiger partial charge in [0.05, 0.1) is 6.04 Å². The molecular weight excluding hydrogens is 310 g/mol. The number of carbonyl (C=O) groups excluding carboxylic acids is 1. The number of fused-ring (bicyclic) bond motifs is 1. The zero-order chi connectivity index (χ0) is 17.8. The van der Waals surface area contributed by atoms with E-state index in [9.17, 15) is 4.79 Å².